The fraction of sp³-hybridized carbons (Fsp3) is 0.625. The Morgan fingerprint density at radius 1 is 1.06 bits per heavy atom. The molecule has 1 N–H and O–H groups in total. The molecule has 2 rings (SSSR count). The van der Waals surface area contributed by atoms with Crippen LogP contribution in [0.2, 0.25) is 0 Å². The van der Waals surface area contributed by atoms with Crippen LogP contribution >= 0.6 is 0 Å². The van der Waals surface area contributed by atoms with E-state index in [1.165, 1.54) is 43.2 Å². The molecule has 0 bridgehead atoms. The minimum atomic E-state index is 0.374. The summed E-state index contributed by atoms with van der Waals surface area (Å²) in [7, 11) is 0. The fourth-order valence-electron chi connectivity index (χ4n) is 2.89. The molecular formula is C16H25N. The summed E-state index contributed by atoms with van der Waals surface area (Å²) in [5, 5.41) is 3.79. The number of hydrogen-bond acceptors (Lipinski definition) is 1. The Balaban J connectivity index is 1.96. The van der Waals surface area contributed by atoms with Crippen molar-refractivity contribution in [2.24, 2.45) is 0 Å². The van der Waals surface area contributed by atoms with Crippen molar-refractivity contribution in [1.82, 2.24) is 5.32 Å². The third kappa shape index (κ3) is 3.32. The highest BCUT2D eigenvalue weighted by Crippen LogP contribution is 2.28. The Morgan fingerprint density at radius 2 is 1.71 bits per heavy atom. The molecule has 0 amide bonds. The minimum absolute atomic E-state index is 0.374. The van der Waals surface area contributed by atoms with Crippen molar-refractivity contribution < 1.29 is 0 Å². The molecule has 1 heteroatoms. The Morgan fingerprint density at radius 3 is 2.35 bits per heavy atom. The van der Waals surface area contributed by atoms with Crippen molar-refractivity contribution in [2.75, 3.05) is 0 Å². The van der Waals surface area contributed by atoms with Crippen molar-refractivity contribution in [1.29, 1.82) is 0 Å². The maximum absolute atomic E-state index is 3.79. The van der Waals surface area contributed by atoms with Crippen molar-refractivity contribution in [3.63, 3.8) is 0 Å². The van der Waals surface area contributed by atoms with Crippen LogP contribution in [-0.4, -0.2) is 5.54 Å². The second kappa shape index (κ2) is 5.68. The highest BCUT2D eigenvalue weighted by molar-refractivity contribution is 5.27. The van der Waals surface area contributed by atoms with Gasteiger partial charge in [-0.3, -0.25) is 0 Å². The molecule has 0 saturated heterocycles. The molecule has 1 saturated carbocycles. The van der Waals surface area contributed by atoms with Gasteiger partial charge in [0.1, 0.15) is 0 Å². The van der Waals surface area contributed by atoms with Gasteiger partial charge in [-0.2, -0.15) is 0 Å². The van der Waals surface area contributed by atoms with E-state index in [9.17, 15) is 0 Å². The summed E-state index contributed by atoms with van der Waals surface area (Å²) in [5.74, 6) is 0. The largest absolute Gasteiger partial charge is 0.307 e. The van der Waals surface area contributed by atoms with Crippen LogP contribution in [0.1, 0.15) is 57.1 Å². The molecule has 0 spiro atoms. The van der Waals surface area contributed by atoms with E-state index in [1.807, 2.05) is 0 Å². The van der Waals surface area contributed by atoms with E-state index >= 15 is 0 Å². The predicted molar refractivity (Wildman–Crippen MR) is 74.1 cm³/mol. The van der Waals surface area contributed by atoms with Crippen LogP contribution in [0.25, 0.3) is 0 Å². The van der Waals surface area contributed by atoms with E-state index in [-0.39, 0.29) is 0 Å². The van der Waals surface area contributed by atoms with Gasteiger partial charge in [-0.15, -0.1) is 0 Å². The van der Waals surface area contributed by atoms with Gasteiger partial charge in [-0.1, -0.05) is 50.5 Å². The van der Waals surface area contributed by atoms with Crippen molar-refractivity contribution in [3.05, 3.63) is 35.4 Å². The van der Waals surface area contributed by atoms with E-state index in [0.717, 1.165) is 13.0 Å². The van der Waals surface area contributed by atoms with Gasteiger partial charge < -0.3 is 5.32 Å². The maximum Gasteiger partial charge on any atom is 0.0213 e. The summed E-state index contributed by atoms with van der Waals surface area (Å²) >= 11 is 0. The molecule has 1 fully saturated rings. The van der Waals surface area contributed by atoms with Crippen molar-refractivity contribution in [3.8, 4) is 0 Å². The van der Waals surface area contributed by atoms with Gasteiger partial charge in [0.05, 0.1) is 0 Å². The zero-order chi connectivity index (χ0) is 12.1. The summed E-state index contributed by atoms with van der Waals surface area (Å²) in [6, 6.07) is 8.81. The Kier molecular flexibility index (Phi) is 4.22. The van der Waals surface area contributed by atoms with Gasteiger partial charge in [0.15, 0.2) is 0 Å². The summed E-state index contributed by atoms with van der Waals surface area (Å²) in [5.41, 5.74) is 3.33. The van der Waals surface area contributed by atoms with E-state index in [1.54, 1.807) is 0 Å². The first-order valence-electron chi connectivity index (χ1n) is 7.05. The zero-order valence-corrected chi connectivity index (χ0v) is 11.3. The molecule has 1 aromatic rings. The van der Waals surface area contributed by atoms with Crippen LogP contribution < -0.4 is 5.32 Å². The van der Waals surface area contributed by atoms with Crippen LogP contribution in [-0.2, 0) is 13.0 Å². The molecule has 0 radical (unpaired) electrons. The molecule has 0 atom stereocenters. The average molecular weight is 231 g/mol. The lowest BCUT2D eigenvalue weighted by Gasteiger charge is -2.35. The molecular weight excluding hydrogens is 206 g/mol. The van der Waals surface area contributed by atoms with Crippen LogP contribution in [0.15, 0.2) is 24.3 Å². The molecule has 17 heavy (non-hydrogen) atoms. The summed E-state index contributed by atoms with van der Waals surface area (Å²) in [6.07, 6.45) is 8.00. The molecule has 0 aliphatic heterocycles. The third-order valence-corrected chi connectivity index (χ3v) is 4.16. The number of rotatable bonds is 4. The number of aryl methyl sites for hydroxylation is 1. The first kappa shape index (κ1) is 12.6. The summed E-state index contributed by atoms with van der Waals surface area (Å²) in [6.45, 7) is 5.66. The maximum atomic E-state index is 3.79. The van der Waals surface area contributed by atoms with Crippen LogP contribution in [0.5, 0.6) is 0 Å². The lowest BCUT2D eigenvalue weighted by molar-refractivity contribution is 0.252. The lowest BCUT2D eigenvalue weighted by Crippen LogP contribution is -2.43. The topological polar surface area (TPSA) is 12.0 Å². The Hall–Kier alpha value is -0.820. The Labute approximate surface area is 106 Å². The third-order valence-electron chi connectivity index (χ3n) is 4.16. The molecule has 0 heterocycles. The molecule has 94 valence electrons. The molecule has 0 aromatic heterocycles. The molecule has 1 aromatic carbocycles. The minimum Gasteiger partial charge on any atom is -0.307 e. The molecule has 0 unspecified atom stereocenters. The zero-order valence-electron chi connectivity index (χ0n) is 11.3. The van der Waals surface area contributed by atoms with Crippen LogP contribution in [0.4, 0.5) is 0 Å². The van der Waals surface area contributed by atoms with E-state index in [4.69, 9.17) is 0 Å². The van der Waals surface area contributed by atoms with Crippen LogP contribution in [0.3, 0.4) is 0 Å². The van der Waals surface area contributed by atoms with Gasteiger partial charge in [0, 0.05) is 12.1 Å². The molecule has 1 nitrogen and oxygen atoms in total. The first-order valence-corrected chi connectivity index (χ1v) is 7.05. The van der Waals surface area contributed by atoms with Gasteiger partial charge >= 0.3 is 0 Å². The second-order valence-electron chi connectivity index (χ2n) is 5.60. The van der Waals surface area contributed by atoms with Gasteiger partial charge in [-0.25, -0.2) is 0 Å². The van der Waals surface area contributed by atoms with Gasteiger partial charge in [-0.05, 0) is 37.3 Å². The lowest BCUT2D eigenvalue weighted by atomic mass is 9.83. The Bertz CT molecular complexity index is 350. The standard InChI is InChI=1S/C16H25N/c1-3-14-9-5-6-10-15(14)13-17-16(2)11-7-4-8-12-16/h5-6,9-10,17H,3-4,7-8,11-13H2,1-2H3. The van der Waals surface area contributed by atoms with E-state index < -0.39 is 0 Å². The monoisotopic (exact) mass is 231 g/mol. The fourth-order valence-corrected chi connectivity index (χ4v) is 2.89. The molecule has 1 aliphatic carbocycles. The van der Waals surface area contributed by atoms with E-state index in [2.05, 4.69) is 43.4 Å². The van der Waals surface area contributed by atoms with Gasteiger partial charge in [0.2, 0.25) is 0 Å². The average Bonchev–Trinajstić information content (AvgIpc) is 2.38. The van der Waals surface area contributed by atoms with E-state index in [0.29, 0.717) is 5.54 Å². The van der Waals surface area contributed by atoms with Crippen LogP contribution in [0, 0.1) is 0 Å². The normalized spacial score (nSPS) is 19.2. The highest BCUT2D eigenvalue weighted by Gasteiger charge is 2.25. The number of hydrogen-bond donors (Lipinski definition) is 1. The van der Waals surface area contributed by atoms with Crippen molar-refractivity contribution in [2.45, 2.75) is 64.5 Å². The number of nitrogens with one attached hydrogen (secondary N) is 1. The highest BCUT2D eigenvalue weighted by atomic mass is 15.0. The predicted octanol–water partition coefficient (Wildman–Crippen LogP) is 4.06. The SMILES string of the molecule is CCc1ccccc1CNC1(C)CCCCC1. The quantitative estimate of drug-likeness (QED) is 0.824. The second-order valence-corrected chi connectivity index (χ2v) is 5.60. The summed E-state index contributed by atoms with van der Waals surface area (Å²) < 4.78 is 0. The first-order chi connectivity index (χ1) is 8.23. The van der Waals surface area contributed by atoms with Gasteiger partial charge in [0.25, 0.3) is 0 Å². The number of benzene rings is 1. The smallest absolute Gasteiger partial charge is 0.0213 e. The summed E-state index contributed by atoms with van der Waals surface area (Å²) in [4.78, 5) is 0. The van der Waals surface area contributed by atoms with Crippen molar-refractivity contribution >= 4 is 0 Å². The molecule has 1 aliphatic rings.